The Balaban J connectivity index is 1.65. The van der Waals surface area contributed by atoms with Crippen molar-refractivity contribution in [3.05, 3.63) is 83.4 Å². The summed E-state index contributed by atoms with van der Waals surface area (Å²) in [7, 11) is 1.63. The highest BCUT2D eigenvalue weighted by molar-refractivity contribution is 5.14. The van der Waals surface area contributed by atoms with Crippen molar-refractivity contribution in [1.82, 2.24) is 0 Å². The van der Waals surface area contributed by atoms with Crippen LogP contribution in [0.15, 0.2) is 72.3 Å². The Morgan fingerprint density at radius 1 is 0.867 bits per heavy atom. The lowest BCUT2D eigenvalue weighted by atomic mass is 10.1. The van der Waals surface area contributed by atoms with Crippen molar-refractivity contribution >= 4 is 0 Å². The summed E-state index contributed by atoms with van der Waals surface area (Å²) in [6.07, 6.45) is 0.636. The van der Waals surface area contributed by atoms with Gasteiger partial charge in [0, 0.05) is 7.11 Å². The van der Waals surface area contributed by atoms with E-state index in [9.17, 15) is 0 Å². The van der Waals surface area contributed by atoms with E-state index < -0.39 is 6.29 Å². The number of hydrogen-bond donors (Lipinski definition) is 0. The number of allylic oxidation sites excluding steroid dienone is 1. The standard InChI is InChI=1S/C25H32O5/c1-19(2)14-15-28-24-23(29-17-21-12-8-5-9-13-21)22(30-25(24)26-3)18-27-16-20-10-6-4-7-11-20/h4-14,22-25H,15-18H2,1-3H3/t22-,23+,24-,25?/m1/s1. The molecule has 0 aromatic heterocycles. The minimum atomic E-state index is -0.498. The highest BCUT2D eigenvalue weighted by atomic mass is 16.7. The van der Waals surface area contributed by atoms with Gasteiger partial charge in [-0.1, -0.05) is 72.3 Å². The summed E-state index contributed by atoms with van der Waals surface area (Å²) in [5, 5.41) is 0. The molecule has 0 aliphatic carbocycles. The summed E-state index contributed by atoms with van der Waals surface area (Å²) in [5.74, 6) is 0. The lowest BCUT2D eigenvalue weighted by Gasteiger charge is -2.24. The summed E-state index contributed by atoms with van der Waals surface area (Å²) in [5.41, 5.74) is 3.43. The lowest BCUT2D eigenvalue weighted by molar-refractivity contribution is -0.165. The molecule has 2 aromatic rings. The summed E-state index contributed by atoms with van der Waals surface area (Å²) >= 11 is 0. The largest absolute Gasteiger partial charge is 0.374 e. The van der Waals surface area contributed by atoms with Crippen LogP contribution in [0.4, 0.5) is 0 Å². The quantitative estimate of drug-likeness (QED) is 0.508. The molecule has 0 spiro atoms. The molecule has 1 saturated heterocycles. The first-order valence-electron chi connectivity index (χ1n) is 10.4. The minimum absolute atomic E-state index is 0.279. The van der Waals surface area contributed by atoms with Crippen LogP contribution in [0.2, 0.25) is 0 Å². The molecule has 0 bridgehead atoms. The van der Waals surface area contributed by atoms with Crippen molar-refractivity contribution in [3.8, 4) is 0 Å². The van der Waals surface area contributed by atoms with Gasteiger partial charge in [-0.15, -0.1) is 0 Å². The Bertz CT molecular complexity index is 758. The van der Waals surface area contributed by atoms with E-state index in [0.29, 0.717) is 26.4 Å². The van der Waals surface area contributed by atoms with Gasteiger partial charge >= 0.3 is 0 Å². The molecule has 5 nitrogen and oxygen atoms in total. The molecular formula is C25H32O5. The zero-order chi connectivity index (χ0) is 21.2. The number of benzene rings is 2. The van der Waals surface area contributed by atoms with Crippen molar-refractivity contribution in [2.24, 2.45) is 0 Å². The fourth-order valence-electron chi connectivity index (χ4n) is 3.35. The van der Waals surface area contributed by atoms with Gasteiger partial charge in [-0.05, 0) is 25.0 Å². The van der Waals surface area contributed by atoms with Gasteiger partial charge in [-0.2, -0.15) is 0 Å². The van der Waals surface area contributed by atoms with E-state index in [1.807, 2.05) is 80.6 Å². The molecule has 5 heteroatoms. The van der Waals surface area contributed by atoms with E-state index in [-0.39, 0.29) is 18.3 Å². The molecule has 0 radical (unpaired) electrons. The summed E-state index contributed by atoms with van der Waals surface area (Å²) in [6.45, 7) is 5.98. The molecule has 4 atom stereocenters. The SMILES string of the molecule is COC1O[C@H](COCc2ccccc2)[C@H](OCc2ccccc2)[C@H]1OCC=C(C)C. The monoisotopic (exact) mass is 412 g/mol. The third kappa shape index (κ3) is 6.76. The Morgan fingerprint density at radius 2 is 1.50 bits per heavy atom. The van der Waals surface area contributed by atoms with Crippen LogP contribution in [0.5, 0.6) is 0 Å². The molecular weight excluding hydrogens is 380 g/mol. The first kappa shape index (κ1) is 22.7. The Morgan fingerprint density at radius 3 is 2.10 bits per heavy atom. The second kappa shape index (κ2) is 12.0. The predicted molar refractivity (Wildman–Crippen MR) is 116 cm³/mol. The van der Waals surface area contributed by atoms with E-state index in [2.05, 4.69) is 0 Å². The van der Waals surface area contributed by atoms with Crippen LogP contribution in [0.3, 0.4) is 0 Å². The van der Waals surface area contributed by atoms with Crippen LogP contribution in [-0.4, -0.2) is 44.9 Å². The van der Waals surface area contributed by atoms with Crippen LogP contribution in [0.25, 0.3) is 0 Å². The van der Waals surface area contributed by atoms with Crippen LogP contribution in [-0.2, 0) is 36.9 Å². The first-order chi connectivity index (χ1) is 14.7. The zero-order valence-corrected chi connectivity index (χ0v) is 18.0. The number of hydrogen-bond acceptors (Lipinski definition) is 5. The van der Waals surface area contributed by atoms with Gasteiger partial charge in [0.15, 0.2) is 6.29 Å². The van der Waals surface area contributed by atoms with Gasteiger partial charge in [-0.3, -0.25) is 0 Å². The molecule has 1 fully saturated rings. The molecule has 1 heterocycles. The molecule has 1 aliphatic heterocycles. The van der Waals surface area contributed by atoms with Gasteiger partial charge in [0.1, 0.15) is 18.3 Å². The van der Waals surface area contributed by atoms with Crippen molar-refractivity contribution in [1.29, 1.82) is 0 Å². The third-order valence-electron chi connectivity index (χ3n) is 4.96. The van der Waals surface area contributed by atoms with E-state index >= 15 is 0 Å². The predicted octanol–water partition coefficient (Wildman–Crippen LogP) is 4.51. The molecule has 1 unspecified atom stereocenters. The van der Waals surface area contributed by atoms with E-state index in [4.69, 9.17) is 23.7 Å². The molecule has 1 aliphatic rings. The van der Waals surface area contributed by atoms with Crippen LogP contribution in [0.1, 0.15) is 25.0 Å². The maximum Gasteiger partial charge on any atom is 0.186 e. The Labute approximate surface area is 179 Å². The fraction of sp³-hybridized carbons (Fsp3) is 0.440. The maximum absolute atomic E-state index is 6.28. The van der Waals surface area contributed by atoms with Crippen molar-refractivity contribution < 1.29 is 23.7 Å². The molecule has 0 saturated carbocycles. The number of rotatable bonds is 11. The number of methoxy groups -OCH3 is 1. The first-order valence-corrected chi connectivity index (χ1v) is 10.4. The molecule has 30 heavy (non-hydrogen) atoms. The van der Waals surface area contributed by atoms with Crippen molar-refractivity contribution in [2.45, 2.75) is 51.7 Å². The molecule has 0 amide bonds. The van der Waals surface area contributed by atoms with Crippen LogP contribution in [0, 0.1) is 0 Å². The fourth-order valence-corrected chi connectivity index (χ4v) is 3.35. The van der Waals surface area contributed by atoms with Gasteiger partial charge in [0.25, 0.3) is 0 Å². The second-order valence-electron chi connectivity index (χ2n) is 7.62. The van der Waals surface area contributed by atoms with Gasteiger partial charge in [0.05, 0.1) is 26.4 Å². The molecule has 0 N–H and O–H groups in total. The third-order valence-corrected chi connectivity index (χ3v) is 4.96. The topological polar surface area (TPSA) is 46.2 Å². The highest BCUT2D eigenvalue weighted by Crippen LogP contribution is 2.28. The molecule has 162 valence electrons. The van der Waals surface area contributed by atoms with E-state index in [0.717, 1.165) is 11.1 Å². The van der Waals surface area contributed by atoms with Gasteiger partial charge < -0.3 is 23.7 Å². The average Bonchev–Trinajstić information content (AvgIpc) is 3.10. The van der Waals surface area contributed by atoms with Gasteiger partial charge in [-0.25, -0.2) is 0 Å². The minimum Gasteiger partial charge on any atom is -0.374 e. The second-order valence-corrected chi connectivity index (χ2v) is 7.62. The summed E-state index contributed by atoms with van der Waals surface area (Å²) < 4.78 is 30.0. The average molecular weight is 413 g/mol. The highest BCUT2D eigenvalue weighted by Gasteiger charge is 2.46. The smallest absolute Gasteiger partial charge is 0.186 e. The van der Waals surface area contributed by atoms with Crippen LogP contribution < -0.4 is 0 Å². The Hall–Kier alpha value is -2.02. The van der Waals surface area contributed by atoms with Crippen molar-refractivity contribution in [3.63, 3.8) is 0 Å². The zero-order valence-electron chi connectivity index (χ0n) is 18.0. The molecule has 2 aromatic carbocycles. The lowest BCUT2D eigenvalue weighted by Crippen LogP contribution is -2.39. The van der Waals surface area contributed by atoms with Gasteiger partial charge in [0.2, 0.25) is 0 Å². The maximum atomic E-state index is 6.28. The number of ether oxygens (including phenoxy) is 5. The van der Waals surface area contributed by atoms with E-state index in [1.165, 1.54) is 5.57 Å². The van der Waals surface area contributed by atoms with Crippen molar-refractivity contribution in [2.75, 3.05) is 20.3 Å². The normalized spacial score (nSPS) is 23.4. The summed E-state index contributed by atoms with van der Waals surface area (Å²) in [6, 6.07) is 20.2. The van der Waals surface area contributed by atoms with E-state index in [1.54, 1.807) is 7.11 Å². The summed E-state index contributed by atoms with van der Waals surface area (Å²) in [4.78, 5) is 0. The Kier molecular flexibility index (Phi) is 9.05. The van der Waals surface area contributed by atoms with Crippen LogP contribution >= 0.6 is 0 Å². The molecule has 3 rings (SSSR count).